The molecule has 0 saturated carbocycles. The Bertz CT molecular complexity index is 529. The van der Waals surface area contributed by atoms with Gasteiger partial charge >= 0.3 is 5.97 Å². The Kier molecular flexibility index (Phi) is 3.75. The van der Waals surface area contributed by atoms with Crippen LogP contribution in [0.25, 0.3) is 0 Å². The summed E-state index contributed by atoms with van der Waals surface area (Å²) in [6.07, 6.45) is 0. The van der Waals surface area contributed by atoms with Gasteiger partial charge in [0.25, 0.3) is 5.91 Å². The smallest absolute Gasteiger partial charge is 0.306 e. The summed E-state index contributed by atoms with van der Waals surface area (Å²) < 4.78 is 13.3. The van der Waals surface area contributed by atoms with Gasteiger partial charge in [0.05, 0.1) is 16.5 Å². The highest BCUT2D eigenvalue weighted by molar-refractivity contribution is 6.34. The molecule has 19 heavy (non-hydrogen) atoms. The Morgan fingerprint density at radius 1 is 1.47 bits per heavy atom. The van der Waals surface area contributed by atoms with E-state index in [0.29, 0.717) is 13.1 Å². The molecule has 0 aliphatic carbocycles. The van der Waals surface area contributed by atoms with Gasteiger partial charge in [0.15, 0.2) is 0 Å². The first-order valence-corrected chi connectivity index (χ1v) is 6.25. The number of nitrogens with zero attached hydrogens (tertiary/aromatic N) is 1. The fourth-order valence-electron chi connectivity index (χ4n) is 2.04. The van der Waals surface area contributed by atoms with Crippen molar-refractivity contribution in [3.05, 3.63) is 34.6 Å². The van der Waals surface area contributed by atoms with Crippen LogP contribution >= 0.6 is 11.6 Å². The maximum absolute atomic E-state index is 13.3. The predicted molar refractivity (Wildman–Crippen MR) is 67.6 cm³/mol. The molecule has 0 spiro atoms. The van der Waals surface area contributed by atoms with E-state index >= 15 is 0 Å². The molecule has 102 valence electrons. The lowest BCUT2D eigenvalue weighted by Crippen LogP contribution is -2.53. The fraction of sp³-hybridized carbons (Fsp3) is 0.385. The van der Waals surface area contributed by atoms with Crippen LogP contribution in [-0.2, 0) is 4.79 Å². The van der Waals surface area contributed by atoms with Crippen LogP contribution < -0.4 is 0 Å². The Labute approximate surface area is 114 Å². The zero-order valence-corrected chi connectivity index (χ0v) is 11.0. The highest BCUT2D eigenvalue weighted by Crippen LogP contribution is 2.28. The number of carbonyl (C=O) groups is 2. The van der Waals surface area contributed by atoms with Gasteiger partial charge in [-0.3, -0.25) is 9.59 Å². The largest absolute Gasteiger partial charge is 0.481 e. The summed E-state index contributed by atoms with van der Waals surface area (Å²) in [5.41, 5.74) is 0.114. The van der Waals surface area contributed by atoms with Gasteiger partial charge < -0.3 is 10.0 Å². The summed E-state index contributed by atoms with van der Waals surface area (Å²) in [7, 11) is 0. The van der Waals surface area contributed by atoms with E-state index in [0.717, 1.165) is 0 Å². The molecule has 1 aromatic carbocycles. The number of halogens is 2. The molecule has 1 aliphatic heterocycles. The summed E-state index contributed by atoms with van der Waals surface area (Å²) in [6, 6.07) is 4.07. The van der Waals surface area contributed by atoms with Crippen molar-refractivity contribution in [1.82, 2.24) is 4.90 Å². The molecule has 1 unspecified atom stereocenters. The molecule has 1 aromatic rings. The molecule has 1 saturated heterocycles. The SMILES string of the molecule is CC(C(=O)O)C1CN(C(=O)c2cccc(F)c2Cl)C1. The van der Waals surface area contributed by atoms with E-state index in [2.05, 4.69) is 0 Å². The number of likely N-dealkylation sites (tertiary alicyclic amines) is 1. The van der Waals surface area contributed by atoms with Gasteiger partial charge in [-0.15, -0.1) is 0 Å². The topological polar surface area (TPSA) is 57.6 Å². The summed E-state index contributed by atoms with van der Waals surface area (Å²) in [5.74, 6) is -2.43. The van der Waals surface area contributed by atoms with Crippen LogP contribution in [0.2, 0.25) is 5.02 Å². The van der Waals surface area contributed by atoms with Gasteiger partial charge in [-0.1, -0.05) is 24.6 Å². The van der Waals surface area contributed by atoms with Crippen molar-refractivity contribution >= 4 is 23.5 Å². The van der Waals surface area contributed by atoms with E-state index in [1.165, 1.54) is 23.1 Å². The molecule has 1 atom stereocenters. The van der Waals surface area contributed by atoms with Crippen LogP contribution in [-0.4, -0.2) is 35.0 Å². The minimum atomic E-state index is -0.874. The summed E-state index contributed by atoms with van der Waals surface area (Å²) in [6.45, 7) is 2.34. The zero-order valence-electron chi connectivity index (χ0n) is 10.3. The zero-order chi connectivity index (χ0) is 14.2. The minimum absolute atomic E-state index is 0.0613. The molecule has 1 heterocycles. The van der Waals surface area contributed by atoms with Crippen LogP contribution in [0.1, 0.15) is 17.3 Å². The van der Waals surface area contributed by atoms with Gasteiger partial charge in [0.2, 0.25) is 0 Å². The van der Waals surface area contributed by atoms with E-state index in [4.69, 9.17) is 16.7 Å². The number of benzene rings is 1. The third-order valence-corrected chi connectivity index (χ3v) is 3.86. The molecular weight excluding hydrogens is 273 g/mol. The monoisotopic (exact) mass is 285 g/mol. The normalized spacial score (nSPS) is 16.9. The van der Waals surface area contributed by atoms with Crippen molar-refractivity contribution in [2.75, 3.05) is 13.1 Å². The van der Waals surface area contributed by atoms with Gasteiger partial charge in [-0.05, 0) is 12.1 Å². The molecule has 4 nitrogen and oxygen atoms in total. The summed E-state index contributed by atoms with van der Waals surface area (Å²) >= 11 is 5.75. The van der Waals surface area contributed by atoms with Crippen molar-refractivity contribution in [3.63, 3.8) is 0 Å². The number of carboxylic acid groups (broad SMARTS) is 1. The highest BCUT2D eigenvalue weighted by atomic mass is 35.5. The molecule has 0 radical (unpaired) electrons. The highest BCUT2D eigenvalue weighted by Gasteiger charge is 2.38. The Balaban J connectivity index is 2.04. The van der Waals surface area contributed by atoms with E-state index in [-0.39, 0.29) is 22.4 Å². The molecule has 1 N–H and O–H groups in total. The third-order valence-electron chi connectivity index (χ3n) is 3.48. The number of aliphatic carboxylic acids is 1. The second-order valence-corrected chi connectivity index (χ2v) is 5.08. The lowest BCUT2D eigenvalue weighted by molar-refractivity contribution is -0.144. The maximum Gasteiger partial charge on any atom is 0.306 e. The van der Waals surface area contributed by atoms with Crippen molar-refractivity contribution in [2.45, 2.75) is 6.92 Å². The molecule has 6 heteroatoms. The number of hydrogen-bond donors (Lipinski definition) is 1. The molecular formula is C13H13ClFNO3. The van der Waals surface area contributed by atoms with Crippen LogP contribution in [0.3, 0.4) is 0 Å². The second-order valence-electron chi connectivity index (χ2n) is 4.70. The Morgan fingerprint density at radius 2 is 2.11 bits per heavy atom. The molecule has 1 aliphatic rings. The number of hydrogen-bond acceptors (Lipinski definition) is 2. The maximum atomic E-state index is 13.3. The number of carbonyl (C=O) groups excluding carboxylic acids is 1. The summed E-state index contributed by atoms with van der Waals surface area (Å²) in [5, 5.41) is 8.67. The molecule has 2 rings (SSSR count). The standard InChI is InChI=1S/C13H13ClFNO3/c1-7(13(18)19)8-5-16(6-8)12(17)9-3-2-4-10(15)11(9)14/h2-4,7-8H,5-6H2,1H3,(H,18,19). The van der Waals surface area contributed by atoms with Crippen LogP contribution in [0, 0.1) is 17.7 Å². The number of amides is 1. The van der Waals surface area contributed by atoms with Gasteiger partial charge in [-0.2, -0.15) is 0 Å². The van der Waals surface area contributed by atoms with Gasteiger partial charge in [0.1, 0.15) is 5.82 Å². The van der Waals surface area contributed by atoms with Gasteiger partial charge in [-0.25, -0.2) is 4.39 Å². The fourth-order valence-corrected chi connectivity index (χ4v) is 2.24. The minimum Gasteiger partial charge on any atom is -0.481 e. The first kappa shape index (κ1) is 13.8. The predicted octanol–water partition coefficient (Wildman–Crippen LogP) is 2.27. The first-order chi connectivity index (χ1) is 8.91. The molecule has 1 fully saturated rings. The Hall–Kier alpha value is -1.62. The lowest BCUT2D eigenvalue weighted by Gasteiger charge is -2.41. The summed E-state index contributed by atoms with van der Waals surface area (Å²) in [4.78, 5) is 24.3. The average molecular weight is 286 g/mol. The average Bonchev–Trinajstić information content (AvgIpc) is 2.30. The lowest BCUT2D eigenvalue weighted by atomic mass is 9.86. The Morgan fingerprint density at radius 3 is 2.68 bits per heavy atom. The molecule has 0 aromatic heterocycles. The van der Waals surface area contributed by atoms with E-state index < -0.39 is 17.7 Å². The van der Waals surface area contributed by atoms with Crippen LogP contribution in [0.4, 0.5) is 4.39 Å². The van der Waals surface area contributed by atoms with Crippen molar-refractivity contribution < 1.29 is 19.1 Å². The van der Waals surface area contributed by atoms with E-state index in [1.54, 1.807) is 6.92 Å². The van der Waals surface area contributed by atoms with Crippen LogP contribution in [0.5, 0.6) is 0 Å². The quantitative estimate of drug-likeness (QED) is 0.927. The van der Waals surface area contributed by atoms with Gasteiger partial charge in [0, 0.05) is 19.0 Å². The number of carboxylic acids is 1. The van der Waals surface area contributed by atoms with Crippen molar-refractivity contribution in [2.24, 2.45) is 11.8 Å². The van der Waals surface area contributed by atoms with Crippen LogP contribution in [0.15, 0.2) is 18.2 Å². The van der Waals surface area contributed by atoms with E-state index in [1.807, 2.05) is 0 Å². The number of rotatable bonds is 3. The van der Waals surface area contributed by atoms with E-state index in [9.17, 15) is 14.0 Å². The molecule has 0 bridgehead atoms. The molecule has 1 amide bonds. The first-order valence-electron chi connectivity index (χ1n) is 5.88. The van der Waals surface area contributed by atoms with Crippen molar-refractivity contribution in [3.8, 4) is 0 Å². The second kappa shape index (κ2) is 5.17. The third kappa shape index (κ3) is 2.56. The van der Waals surface area contributed by atoms with Crippen molar-refractivity contribution in [1.29, 1.82) is 0 Å².